The number of carbonyl (C=O) groups is 2. The van der Waals surface area contributed by atoms with Gasteiger partial charge >= 0.3 is 5.97 Å². The lowest BCUT2D eigenvalue weighted by atomic mass is 9.81. The molecule has 1 heterocycles. The predicted molar refractivity (Wildman–Crippen MR) is 83.7 cm³/mol. The minimum Gasteiger partial charge on any atom is -0.481 e. The summed E-state index contributed by atoms with van der Waals surface area (Å²) in [6.45, 7) is 2.17. The van der Waals surface area contributed by atoms with Gasteiger partial charge in [-0.05, 0) is 24.1 Å². The zero-order chi connectivity index (χ0) is 15.7. The van der Waals surface area contributed by atoms with Gasteiger partial charge in [-0.3, -0.25) is 9.59 Å². The Morgan fingerprint density at radius 1 is 1.09 bits per heavy atom. The maximum Gasteiger partial charge on any atom is 0.304 e. The summed E-state index contributed by atoms with van der Waals surface area (Å²) >= 11 is 0. The van der Waals surface area contributed by atoms with E-state index < -0.39 is 11.4 Å². The Kier molecular flexibility index (Phi) is 3.45. The molecule has 22 heavy (non-hydrogen) atoms. The van der Waals surface area contributed by atoms with E-state index in [9.17, 15) is 14.7 Å². The van der Waals surface area contributed by atoms with Gasteiger partial charge in [-0.2, -0.15) is 0 Å². The molecule has 4 heteroatoms. The van der Waals surface area contributed by atoms with E-state index in [0.29, 0.717) is 6.54 Å². The number of hydrogen-bond acceptors (Lipinski definition) is 2. The summed E-state index contributed by atoms with van der Waals surface area (Å²) in [6, 6.07) is 17.2. The molecule has 0 aromatic heterocycles. The van der Waals surface area contributed by atoms with Crippen molar-refractivity contribution in [3.8, 4) is 0 Å². The highest BCUT2D eigenvalue weighted by atomic mass is 16.4. The quantitative estimate of drug-likeness (QED) is 0.943. The number of carboxylic acids is 1. The van der Waals surface area contributed by atoms with Crippen molar-refractivity contribution in [3.05, 3.63) is 65.7 Å². The van der Waals surface area contributed by atoms with Gasteiger partial charge in [-0.25, -0.2) is 0 Å². The molecular formula is C18H17NO3. The van der Waals surface area contributed by atoms with Crippen molar-refractivity contribution in [2.45, 2.75) is 25.3 Å². The molecule has 0 bridgehead atoms. The minimum atomic E-state index is -1.00. The fourth-order valence-electron chi connectivity index (χ4n) is 3.09. The maximum atomic E-state index is 12.9. The van der Waals surface area contributed by atoms with Crippen LogP contribution in [0.3, 0.4) is 0 Å². The third-order valence-corrected chi connectivity index (χ3v) is 4.19. The van der Waals surface area contributed by atoms with Gasteiger partial charge < -0.3 is 10.0 Å². The topological polar surface area (TPSA) is 57.6 Å². The lowest BCUT2D eigenvalue weighted by molar-refractivity contribution is -0.141. The van der Waals surface area contributed by atoms with Crippen molar-refractivity contribution in [2.24, 2.45) is 0 Å². The first-order chi connectivity index (χ1) is 10.5. The van der Waals surface area contributed by atoms with Crippen molar-refractivity contribution in [1.29, 1.82) is 0 Å². The molecule has 1 N–H and O–H groups in total. The number of carboxylic acid groups (broad SMARTS) is 1. The predicted octanol–water partition coefficient (Wildman–Crippen LogP) is 2.97. The van der Waals surface area contributed by atoms with Crippen LogP contribution in [0.2, 0.25) is 0 Å². The van der Waals surface area contributed by atoms with Crippen molar-refractivity contribution in [3.63, 3.8) is 0 Å². The van der Waals surface area contributed by atoms with Gasteiger partial charge in [-0.1, -0.05) is 48.5 Å². The minimum absolute atomic E-state index is 0.153. The first-order valence-electron chi connectivity index (χ1n) is 7.19. The molecular weight excluding hydrogens is 278 g/mol. The van der Waals surface area contributed by atoms with E-state index in [1.54, 1.807) is 11.8 Å². The van der Waals surface area contributed by atoms with Gasteiger partial charge in [0.2, 0.25) is 5.91 Å². The third kappa shape index (κ3) is 2.26. The Balaban J connectivity index is 2.02. The van der Waals surface area contributed by atoms with E-state index in [4.69, 9.17) is 0 Å². The SMILES string of the molecule is CC1(CC(=O)O)C(=O)N(Cc2ccccc2)c2ccccc21. The summed E-state index contributed by atoms with van der Waals surface area (Å²) in [5, 5.41) is 9.19. The summed E-state index contributed by atoms with van der Waals surface area (Å²) in [7, 11) is 0. The average Bonchev–Trinajstić information content (AvgIpc) is 2.70. The van der Waals surface area contributed by atoms with E-state index in [-0.39, 0.29) is 12.3 Å². The Labute approximate surface area is 129 Å². The fourth-order valence-corrected chi connectivity index (χ4v) is 3.09. The number of hydrogen-bond donors (Lipinski definition) is 1. The van der Waals surface area contributed by atoms with Gasteiger partial charge in [0.25, 0.3) is 0 Å². The van der Waals surface area contributed by atoms with E-state index in [2.05, 4.69) is 0 Å². The zero-order valence-corrected chi connectivity index (χ0v) is 12.3. The number of anilines is 1. The number of para-hydroxylation sites is 1. The Morgan fingerprint density at radius 3 is 2.41 bits per heavy atom. The van der Waals surface area contributed by atoms with Crippen LogP contribution in [0.1, 0.15) is 24.5 Å². The smallest absolute Gasteiger partial charge is 0.304 e. The highest BCUT2D eigenvalue weighted by Crippen LogP contribution is 2.44. The van der Waals surface area contributed by atoms with Crippen molar-refractivity contribution in [2.75, 3.05) is 4.90 Å². The molecule has 2 aromatic rings. The van der Waals surface area contributed by atoms with E-state index >= 15 is 0 Å². The number of benzene rings is 2. The molecule has 0 saturated heterocycles. The highest BCUT2D eigenvalue weighted by Gasteiger charge is 2.48. The monoisotopic (exact) mass is 295 g/mol. The number of fused-ring (bicyclic) bond motifs is 1. The number of rotatable bonds is 4. The first-order valence-corrected chi connectivity index (χ1v) is 7.19. The van der Waals surface area contributed by atoms with Crippen LogP contribution in [0.25, 0.3) is 0 Å². The lowest BCUT2D eigenvalue weighted by Crippen LogP contribution is -2.39. The molecule has 1 aliphatic rings. The molecule has 3 rings (SSSR count). The molecule has 112 valence electrons. The number of carbonyl (C=O) groups excluding carboxylic acids is 1. The normalized spacial score (nSPS) is 20.0. The fraction of sp³-hybridized carbons (Fsp3) is 0.222. The molecule has 2 aromatic carbocycles. The summed E-state index contributed by atoms with van der Waals surface area (Å²) in [4.78, 5) is 25.8. The van der Waals surface area contributed by atoms with E-state index in [0.717, 1.165) is 16.8 Å². The largest absolute Gasteiger partial charge is 0.481 e. The second-order valence-electron chi connectivity index (χ2n) is 5.80. The van der Waals surface area contributed by atoms with Crippen LogP contribution in [-0.4, -0.2) is 17.0 Å². The zero-order valence-electron chi connectivity index (χ0n) is 12.3. The standard InChI is InChI=1S/C18H17NO3/c1-18(11-16(20)21)14-9-5-6-10-15(14)19(17(18)22)12-13-7-3-2-4-8-13/h2-10H,11-12H2,1H3,(H,20,21). The van der Waals surface area contributed by atoms with E-state index in [1.807, 2.05) is 54.6 Å². The number of amides is 1. The summed E-state index contributed by atoms with van der Waals surface area (Å²) in [5.74, 6) is -1.12. The van der Waals surface area contributed by atoms with Gasteiger partial charge in [0.15, 0.2) is 0 Å². The lowest BCUT2D eigenvalue weighted by Gasteiger charge is -2.22. The van der Waals surface area contributed by atoms with Gasteiger partial charge in [0.1, 0.15) is 0 Å². The highest BCUT2D eigenvalue weighted by molar-refractivity contribution is 6.09. The second-order valence-corrected chi connectivity index (χ2v) is 5.80. The van der Waals surface area contributed by atoms with Crippen molar-refractivity contribution in [1.82, 2.24) is 0 Å². The van der Waals surface area contributed by atoms with Gasteiger partial charge in [0, 0.05) is 5.69 Å². The van der Waals surface area contributed by atoms with Crippen LogP contribution in [0, 0.1) is 0 Å². The maximum absolute atomic E-state index is 12.9. The van der Waals surface area contributed by atoms with Crippen LogP contribution >= 0.6 is 0 Å². The summed E-state index contributed by atoms with van der Waals surface area (Å²) in [6.07, 6.45) is -0.200. The van der Waals surface area contributed by atoms with E-state index in [1.165, 1.54) is 0 Å². The molecule has 0 aliphatic carbocycles. The third-order valence-electron chi connectivity index (χ3n) is 4.19. The molecule has 0 radical (unpaired) electrons. The molecule has 4 nitrogen and oxygen atoms in total. The summed E-state index contributed by atoms with van der Waals surface area (Å²) < 4.78 is 0. The Hall–Kier alpha value is -2.62. The first kappa shape index (κ1) is 14.3. The van der Waals surface area contributed by atoms with Gasteiger partial charge in [0.05, 0.1) is 18.4 Å². The molecule has 1 atom stereocenters. The van der Waals surface area contributed by atoms with Crippen LogP contribution in [-0.2, 0) is 21.5 Å². The second kappa shape index (κ2) is 5.30. The van der Waals surface area contributed by atoms with Crippen LogP contribution < -0.4 is 4.90 Å². The molecule has 0 fully saturated rings. The van der Waals surface area contributed by atoms with Gasteiger partial charge in [-0.15, -0.1) is 0 Å². The summed E-state index contributed by atoms with van der Waals surface area (Å²) in [5.41, 5.74) is 1.61. The Morgan fingerprint density at radius 2 is 1.73 bits per heavy atom. The van der Waals surface area contributed by atoms with Crippen LogP contribution in [0.15, 0.2) is 54.6 Å². The van der Waals surface area contributed by atoms with Crippen molar-refractivity contribution >= 4 is 17.6 Å². The molecule has 0 saturated carbocycles. The van der Waals surface area contributed by atoms with Crippen LogP contribution in [0.4, 0.5) is 5.69 Å². The molecule has 1 unspecified atom stereocenters. The Bertz CT molecular complexity index is 726. The van der Waals surface area contributed by atoms with Crippen LogP contribution in [0.5, 0.6) is 0 Å². The number of nitrogens with zero attached hydrogens (tertiary/aromatic N) is 1. The number of aliphatic carboxylic acids is 1. The average molecular weight is 295 g/mol. The molecule has 0 spiro atoms. The molecule has 1 aliphatic heterocycles. The van der Waals surface area contributed by atoms with Crippen molar-refractivity contribution < 1.29 is 14.7 Å². The molecule has 1 amide bonds.